The highest BCUT2D eigenvalue weighted by atomic mass is 16.3. The molecule has 4 amide bonds. The van der Waals surface area contributed by atoms with Gasteiger partial charge in [-0.25, -0.2) is 14.8 Å². The fraction of sp³-hybridized carbons (Fsp3) is 0.242. The maximum absolute atomic E-state index is 14.2. The first-order valence-corrected chi connectivity index (χ1v) is 14.3. The number of piperazine rings is 1. The number of amides is 4. The number of phenolic OH excluding ortho intramolecular Hbond substituents is 3. The average molecular weight is 596 g/mol. The third-order valence-electron chi connectivity index (χ3n) is 8.23. The number of hydrazine groups is 1. The van der Waals surface area contributed by atoms with Crippen LogP contribution in [-0.4, -0.2) is 85.3 Å². The normalized spacial score (nSPS) is 18.9. The zero-order chi connectivity index (χ0) is 31.0. The van der Waals surface area contributed by atoms with Gasteiger partial charge in [0.1, 0.15) is 12.2 Å². The Labute approximate surface area is 254 Å². The Morgan fingerprint density at radius 1 is 0.886 bits per heavy atom. The second kappa shape index (κ2) is 11.8. The van der Waals surface area contributed by atoms with E-state index in [2.05, 4.69) is 5.32 Å². The van der Waals surface area contributed by atoms with Gasteiger partial charge in [0.25, 0.3) is 0 Å². The summed E-state index contributed by atoms with van der Waals surface area (Å²) in [4.78, 5) is 44.6. The number of fused-ring (bicyclic) bond motifs is 2. The van der Waals surface area contributed by atoms with Gasteiger partial charge in [-0.3, -0.25) is 9.59 Å². The maximum atomic E-state index is 14.2. The van der Waals surface area contributed by atoms with Crippen LogP contribution < -0.4 is 5.32 Å². The molecule has 11 nitrogen and oxygen atoms in total. The van der Waals surface area contributed by atoms with Gasteiger partial charge in [-0.15, -0.1) is 0 Å². The van der Waals surface area contributed by atoms with Crippen LogP contribution >= 0.6 is 0 Å². The molecule has 2 fully saturated rings. The quantitative estimate of drug-likeness (QED) is 0.252. The second-order valence-corrected chi connectivity index (χ2v) is 11.1. The van der Waals surface area contributed by atoms with Crippen molar-refractivity contribution in [3.8, 4) is 17.2 Å². The number of carbonyl (C=O) groups excluding carboxylic acids is 3. The number of phenols is 3. The fourth-order valence-electron chi connectivity index (χ4n) is 6.14. The number of hydrogen-bond donors (Lipinski definition) is 4. The molecular formula is C33H33N5O6. The summed E-state index contributed by atoms with van der Waals surface area (Å²) in [6, 6.07) is 24.3. The average Bonchev–Trinajstić information content (AvgIpc) is 3.01. The minimum atomic E-state index is -1.04. The summed E-state index contributed by atoms with van der Waals surface area (Å²) in [5.74, 6) is -2.42. The van der Waals surface area contributed by atoms with Crippen molar-refractivity contribution < 1.29 is 29.7 Å². The summed E-state index contributed by atoms with van der Waals surface area (Å²) in [7, 11) is 1.66. The molecule has 0 saturated carbocycles. The van der Waals surface area contributed by atoms with Gasteiger partial charge < -0.3 is 30.4 Å². The van der Waals surface area contributed by atoms with E-state index in [1.165, 1.54) is 22.0 Å². The Bertz CT molecular complexity index is 1700. The molecule has 0 aromatic heterocycles. The van der Waals surface area contributed by atoms with Crippen molar-refractivity contribution >= 4 is 28.6 Å². The number of nitrogens with zero attached hydrogens (tertiary/aromatic N) is 4. The lowest BCUT2D eigenvalue weighted by molar-refractivity contribution is -0.187. The molecule has 6 rings (SSSR count). The van der Waals surface area contributed by atoms with Crippen LogP contribution in [0, 0.1) is 0 Å². The molecule has 2 atom stereocenters. The first-order chi connectivity index (χ1) is 21.2. The molecule has 11 heteroatoms. The van der Waals surface area contributed by atoms with Crippen molar-refractivity contribution in [2.45, 2.75) is 31.7 Å². The highest BCUT2D eigenvalue weighted by Gasteiger charge is 2.50. The van der Waals surface area contributed by atoms with E-state index in [4.69, 9.17) is 0 Å². The van der Waals surface area contributed by atoms with Crippen molar-refractivity contribution in [2.24, 2.45) is 0 Å². The molecule has 0 spiro atoms. The van der Waals surface area contributed by atoms with Crippen molar-refractivity contribution in [2.75, 3.05) is 20.1 Å². The van der Waals surface area contributed by atoms with E-state index in [-0.39, 0.29) is 44.4 Å². The number of likely N-dealkylation sites (N-methyl/N-ethyl adjacent to an activating group) is 1. The predicted octanol–water partition coefficient (Wildman–Crippen LogP) is 3.14. The predicted molar refractivity (Wildman–Crippen MR) is 162 cm³/mol. The summed E-state index contributed by atoms with van der Waals surface area (Å²) >= 11 is 0. The largest absolute Gasteiger partial charge is 0.504 e. The topological polar surface area (TPSA) is 137 Å². The van der Waals surface area contributed by atoms with Crippen LogP contribution in [0.5, 0.6) is 17.2 Å². The van der Waals surface area contributed by atoms with Gasteiger partial charge in [-0.05, 0) is 39.6 Å². The van der Waals surface area contributed by atoms with Crippen LogP contribution in [0.15, 0.2) is 84.9 Å². The van der Waals surface area contributed by atoms with Crippen molar-refractivity contribution in [1.82, 2.24) is 25.1 Å². The summed E-state index contributed by atoms with van der Waals surface area (Å²) in [6.45, 7) is 0.456. The van der Waals surface area contributed by atoms with Crippen LogP contribution in [0.2, 0.25) is 0 Å². The van der Waals surface area contributed by atoms with E-state index in [9.17, 15) is 29.7 Å². The molecule has 4 aromatic carbocycles. The van der Waals surface area contributed by atoms with E-state index in [1.54, 1.807) is 17.0 Å². The van der Waals surface area contributed by atoms with Crippen LogP contribution in [-0.2, 0) is 29.1 Å². The summed E-state index contributed by atoms with van der Waals surface area (Å²) in [5, 5.41) is 38.2. The molecule has 2 heterocycles. The molecule has 4 N–H and O–H groups in total. The molecule has 0 aliphatic carbocycles. The number of carbonyl (C=O) groups is 3. The highest BCUT2D eigenvalue weighted by Crippen LogP contribution is 2.37. The number of hydrogen-bond acceptors (Lipinski definition) is 7. The summed E-state index contributed by atoms with van der Waals surface area (Å²) < 4.78 is 0. The summed E-state index contributed by atoms with van der Waals surface area (Å²) in [6.07, 6.45) is -0.883. The van der Waals surface area contributed by atoms with Crippen molar-refractivity contribution in [3.05, 3.63) is 102 Å². The van der Waals surface area contributed by atoms with E-state index in [1.807, 2.05) is 72.8 Å². The zero-order valence-corrected chi connectivity index (χ0v) is 24.1. The Morgan fingerprint density at radius 2 is 1.57 bits per heavy atom. The van der Waals surface area contributed by atoms with Crippen molar-refractivity contribution in [3.63, 3.8) is 0 Å². The Balaban J connectivity index is 1.36. The van der Waals surface area contributed by atoms with Crippen LogP contribution in [0.25, 0.3) is 10.8 Å². The third-order valence-corrected chi connectivity index (χ3v) is 8.23. The lowest BCUT2D eigenvalue weighted by atomic mass is 9.97. The molecule has 44 heavy (non-hydrogen) atoms. The van der Waals surface area contributed by atoms with Crippen LogP contribution in [0.3, 0.4) is 0 Å². The molecule has 0 unspecified atom stereocenters. The minimum Gasteiger partial charge on any atom is -0.504 e. The van der Waals surface area contributed by atoms with E-state index < -0.39 is 35.5 Å². The zero-order valence-electron chi connectivity index (χ0n) is 24.1. The molecule has 2 aliphatic rings. The smallest absolute Gasteiger partial charge is 0.334 e. The van der Waals surface area contributed by atoms with Gasteiger partial charge >= 0.3 is 6.03 Å². The molecule has 0 radical (unpaired) electrons. The van der Waals surface area contributed by atoms with Gasteiger partial charge in [-0.2, -0.15) is 0 Å². The fourth-order valence-corrected chi connectivity index (χ4v) is 6.14. The SMILES string of the molecule is CN1CC(=O)N2[C@H](Cc3cc(O)c(O)c(O)c3)C(=O)N(Cc3cccc4ccccc34)C[C@@H]2N1C(=O)NCc1ccccc1. The Kier molecular flexibility index (Phi) is 7.71. The monoisotopic (exact) mass is 595 g/mol. The molecular weight excluding hydrogens is 562 g/mol. The Morgan fingerprint density at radius 3 is 2.32 bits per heavy atom. The maximum Gasteiger partial charge on any atom is 0.334 e. The van der Waals surface area contributed by atoms with Gasteiger partial charge in [0.15, 0.2) is 17.2 Å². The standard InChI is InChI=1S/C33H33N5O6/c1-35-20-30(41)37-26(14-22-15-27(39)31(42)28(40)16-22)32(43)36(18-24-12-7-11-23-10-5-6-13-25(23)24)19-29(37)38(35)33(44)34-17-21-8-3-2-4-9-21/h2-13,15-16,26,29,39-40,42H,14,17-20H2,1H3,(H,34,44)/t26-,29+/m1/s1. The van der Waals surface area contributed by atoms with Gasteiger partial charge in [-0.1, -0.05) is 72.8 Å². The van der Waals surface area contributed by atoms with Crippen molar-refractivity contribution in [1.29, 1.82) is 0 Å². The van der Waals surface area contributed by atoms with Gasteiger partial charge in [0.2, 0.25) is 11.8 Å². The summed E-state index contributed by atoms with van der Waals surface area (Å²) in [5.41, 5.74) is 2.17. The molecule has 2 saturated heterocycles. The lowest BCUT2D eigenvalue weighted by Gasteiger charge is -2.54. The number of urea groups is 1. The van der Waals surface area contributed by atoms with E-state index >= 15 is 0 Å². The molecule has 4 aromatic rings. The minimum absolute atomic E-state index is 0.0578. The van der Waals surface area contributed by atoms with Crippen LogP contribution in [0.1, 0.15) is 16.7 Å². The van der Waals surface area contributed by atoms with E-state index in [0.717, 1.165) is 21.9 Å². The second-order valence-electron chi connectivity index (χ2n) is 11.1. The number of aromatic hydroxyl groups is 3. The van der Waals surface area contributed by atoms with Crippen LogP contribution in [0.4, 0.5) is 4.79 Å². The van der Waals surface area contributed by atoms with Gasteiger partial charge in [0, 0.05) is 26.6 Å². The Hall–Kier alpha value is -5.29. The van der Waals surface area contributed by atoms with E-state index in [0.29, 0.717) is 5.56 Å². The first kappa shape index (κ1) is 28.8. The molecule has 0 bridgehead atoms. The molecule has 226 valence electrons. The van der Waals surface area contributed by atoms with Gasteiger partial charge in [0.05, 0.1) is 13.1 Å². The first-order valence-electron chi connectivity index (χ1n) is 14.3. The molecule has 2 aliphatic heterocycles. The number of benzene rings is 4. The highest BCUT2D eigenvalue weighted by molar-refractivity contribution is 5.92. The number of rotatable bonds is 6. The third kappa shape index (κ3) is 5.45. The number of nitrogens with one attached hydrogen (secondary N) is 1. The lowest BCUT2D eigenvalue weighted by Crippen LogP contribution is -2.76.